The van der Waals surface area contributed by atoms with E-state index < -0.39 is 6.04 Å². The number of nitrogens with one attached hydrogen (secondary N) is 2. The van der Waals surface area contributed by atoms with Gasteiger partial charge in [-0.1, -0.05) is 19.1 Å². The van der Waals surface area contributed by atoms with Crippen molar-refractivity contribution < 1.29 is 9.53 Å². The molecule has 1 aliphatic rings. The highest BCUT2D eigenvalue weighted by Crippen LogP contribution is 2.25. The van der Waals surface area contributed by atoms with E-state index in [2.05, 4.69) is 22.5 Å². The molecule has 0 bridgehead atoms. The van der Waals surface area contributed by atoms with Gasteiger partial charge in [-0.2, -0.15) is 0 Å². The van der Waals surface area contributed by atoms with Gasteiger partial charge in [-0.15, -0.1) is 0 Å². The lowest BCUT2D eigenvalue weighted by molar-refractivity contribution is -0.120. The molecule has 2 rings (SSSR count). The number of hydrogen-bond donors (Lipinski definition) is 2. The number of ether oxygens (including phenoxy) is 1. The third kappa shape index (κ3) is 4.21. The van der Waals surface area contributed by atoms with Gasteiger partial charge in [0.2, 0.25) is 0 Å². The van der Waals surface area contributed by atoms with Crippen LogP contribution in [0.3, 0.4) is 0 Å². The molecule has 5 heteroatoms. The summed E-state index contributed by atoms with van der Waals surface area (Å²) in [5.74, 6) is 1.18. The monoisotopic (exact) mass is 289 g/mol. The molecule has 0 fully saturated rings. The second-order valence-corrected chi connectivity index (χ2v) is 6.17. The highest BCUT2D eigenvalue weighted by atomic mass is 16.5. The summed E-state index contributed by atoms with van der Waals surface area (Å²) < 4.78 is 5.60. The van der Waals surface area contributed by atoms with E-state index in [0.29, 0.717) is 12.6 Å². The Morgan fingerprint density at radius 1 is 1.38 bits per heavy atom. The molecule has 1 unspecified atom stereocenters. The van der Waals surface area contributed by atoms with Crippen molar-refractivity contribution in [2.75, 3.05) is 6.61 Å². The van der Waals surface area contributed by atoms with E-state index in [0.717, 1.165) is 17.7 Å². The second-order valence-electron chi connectivity index (χ2n) is 6.17. The summed E-state index contributed by atoms with van der Waals surface area (Å²) in [4.78, 5) is 16.5. The Morgan fingerprint density at radius 2 is 2.14 bits per heavy atom. The van der Waals surface area contributed by atoms with Crippen LogP contribution in [-0.4, -0.2) is 24.0 Å². The number of amides is 1. The zero-order chi connectivity index (χ0) is 15.5. The van der Waals surface area contributed by atoms with Crippen molar-refractivity contribution in [1.82, 2.24) is 10.6 Å². The molecule has 1 amide bonds. The molecule has 5 nitrogen and oxygen atoms in total. The van der Waals surface area contributed by atoms with E-state index in [1.165, 1.54) is 0 Å². The Labute approximate surface area is 125 Å². The number of carbonyl (C=O) groups is 1. The average Bonchev–Trinajstić information content (AvgIpc) is 2.75. The molecule has 0 saturated carbocycles. The zero-order valence-electron chi connectivity index (χ0n) is 13.1. The Hall–Kier alpha value is -2.04. The van der Waals surface area contributed by atoms with E-state index in [-0.39, 0.29) is 11.4 Å². The molecule has 1 aromatic carbocycles. The lowest BCUT2D eigenvalue weighted by atomic mass is 10.1. The first-order chi connectivity index (χ1) is 9.89. The van der Waals surface area contributed by atoms with Gasteiger partial charge in [0.15, 0.2) is 12.0 Å². The Bertz CT molecular complexity index is 547. The van der Waals surface area contributed by atoms with Crippen molar-refractivity contribution in [2.45, 2.75) is 45.7 Å². The first-order valence-electron chi connectivity index (χ1n) is 7.28. The van der Waals surface area contributed by atoms with Gasteiger partial charge in [-0.25, -0.2) is 4.99 Å². The summed E-state index contributed by atoms with van der Waals surface area (Å²) in [6.07, 6.45) is 0.950. The fourth-order valence-electron chi connectivity index (χ4n) is 2.04. The minimum Gasteiger partial charge on any atom is -0.494 e. The highest BCUT2D eigenvalue weighted by molar-refractivity contribution is 6.05. The van der Waals surface area contributed by atoms with Crippen LogP contribution in [0.2, 0.25) is 0 Å². The Kier molecular flexibility index (Phi) is 4.50. The number of hydrogen-bond acceptors (Lipinski definition) is 4. The van der Waals surface area contributed by atoms with Crippen LogP contribution in [0.5, 0.6) is 5.75 Å². The number of guanidine groups is 1. The zero-order valence-corrected chi connectivity index (χ0v) is 13.1. The highest BCUT2D eigenvalue weighted by Gasteiger charge is 2.29. The molecule has 114 valence electrons. The largest absolute Gasteiger partial charge is 0.494 e. The van der Waals surface area contributed by atoms with Gasteiger partial charge in [-0.05, 0) is 44.9 Å². The molecule has 2 N–H and O–H groups in total. The molecule has 1 aromatic rings. The molecule has 0 saturated heterocycles. The van der Waals surface area contributed by atoms with Crippen LogP contribution in [0.15, 0.2) is 29.3 Å². The smallest absolute Gasteiger partial charge is 0.256 e. The van der Waals surface area contributed by atoms with Gasteiger partial charge < -0.3 is 10.1 Å². The summed E-state index contributed by atoms with van der Waals surface area (Å²) in [5.41, 5.74) is 0.694. The van der Waals surface area contributed by atoms with E-state index in [1.807, 2.05) is 45.0 Å². The van der Waals surface area contributed by atoms with E-state index in [4.69, 9.17) is 4.74 Å². The number of benzene rings is 1. The molecule has 1 atom stereocenters. The van der Waals surface area contributed by atoms with Gasteiger partial charge in [0.05, 0.1) is 6.61 Å². The van der Waals surface area contributed by atoms with Crippen LogP contribution < -0.4 is 15.4 Å². The summed E-state index contributed by atoms with van der Waals surface area (Å²) in [7, 11) is 0. The summed E-state index contributed by atoms with van der Waals surface area (Å²) >= 11 is 0. The van der Waals surface area contributed by atoms with Crippen molar-refractivity contribution in [3.8, 4) is 5.75 Å². The van der Waals surface area contributed by atoms with E-state index >= 15 is 0 Å². The molecule has 21 heavy (non-hydrogen) atoms. The molecule has 0 radical (unpaired) electrons. The maximum absolute atomic E-state index is 12.1. The van der Waals surface area contributed by atoms with Gasteiger partial charge in [-0.3, -0.25) is 10.1 Å². The van der Waals surface area contributed by atoms with Crippen LogP contribution in [0.1, 0.15) is 45.7 Å². The lowest BCUT2D eigenvalue weighted by Crippen LogP contribution is -2.46. The Morgan fingerprint density at radius 3 is 2.81 bits per heavy atom. The number of rotatable bonds is 4. The van der Waals surface area contributed by atoms with Crippen LogP contribution >= 0.6 is 0 Å². The second kappa shape index (κ2) is 6.16. The van der Waals surface area contributed by atoms with Crippen LogP contribution in [0.4, 0.5) is 0 Å². The third-order valence-electron chi connectivity index (χ3n) is 2.89. The van der Waals surface area contributed by atoms with Gasteiger partial charge in [0.1, 0.15) is 5.75 Å². The molecular weight excluding hydrogens is 266 g/mol. The van der Waals surface area contributed by atoms with Gasteiger partial charge in [0.25, 0.3) is 5.91 Å². The SMILES string of the molecule is CCCOc1cccc(C2N=C(NC(C)(C)C)NC2=O)c1. The maximum atomic E-state index is 12.1. The first kappa shape index (κ1) is 15.4. The Balaban J connectivity index is 2.15. The topological polar surface area (TPSA) is 62.7 Å². The summed E-state index contributed by atoms with van der Waals surface area (Å²) in [6, 6.07) is 7.04. The van der Waals surface area contributed by atoms with Crippen molar-refractivity contribution in [3.05, 3.63) is 29.8 Å². The predicted octanol–water partition coefficient (Wildman–Crippen LogP) is 2.39. The average molecular weight is 289 g/mol. The van der Waals surface area contributed by atoms with Crippen molar-refractivity contribution >= 4 is 11.9 Å². The molecule has 1 aliphatic heterocycles. The van der Waals surface area contributed by atoms with Crippen molar-refractivity contribution in [3.63, 3.8) is 0 Å². The number of nitrogens with zero attached hydrogens (tertiary/aromatic N) is 1. The fraction of sp³-hybridized carbons (Fsp3) is 0.500. The summed E-state index contributed by atoms with van der Waals surface area (Å²) in [5, 5.41) is 5.96. The third-order valence-corrected chi connectivity index (χ3v) is 2.89. The molecule has 0 aromatic heterocycles. The first-order valence-corrected chi connectivity index (χ1v) is 7.28. The minimum absolute atomic E-state index is 0.116. The quantitative estimate of drug-likeness (QED) is 0.894. The van der Waals surface area contributed by atoms with E-state index in [1.54, 1.807) is 0 Å². The van der Waals surface area contributed by atoms with Crippen LogP contribution in [-0.2, 0) is 4.79 Å². The molecule has 0 aliphatic carbocycles. The number of aliphatic imine (C=N–C) groups is 1. The minimum atomic E-state index is -0.514. The standard InChI is InChI=1S/C16H23N3O2/c1-5-9-21-12-8-6-7-11(10-12)13-14(20)18-15(17-13)19-16(2,3)4/h6-8,10,13H,5,9H2,1-4H3,(H2,17,18,19,20). The molecular formula is C16H23N3O2. The lowest BCUT2D eigenvalue weighted by Gasteiger charge is -2.21. The summed E-state index contributed by atoms with van der Waals surface area (Å²) in [6.45, 7) is 8.79. The van der Waals surface area contributed by atoms with Crippen molar-refractivity contribution in [2.24, 2.45) is 4.99 Å². The molecule has 1 heterocycles. The van der Waals surface area contributed by atoms with E-state index in [9.17, 15) is 4.79 Å². The molecule has 0 spiro atoms. The van der Waals surface area contributed by atoms with Crippen LogP contribution in [0, 0.1) is 0 Å². The maximum Gasteiger partial charge on any atom is 0.256 e. The fourth-order valence-corrected chi connectivity index (χ4v) is 2.04. The van der Waals surface area contributed by atoms with Crippen molar-refractivity contribution in [1.29, 1.82) is 0 Å². The van der Waals surface area contributed by atoms with Crippen LogP contribution in [0.25, 0.3) is 0 Å². The predicted molar refractivity (Wildman–Crippen MR) is 83.4 cm³/mol. The van der Waals surface area contributed by atoms with Gasteiger partial charge in [0, 0.05) is 5.54 Å². The number of carbonyl (C=O) groups excluding carboxylic acids is 1. The van der Waals surface area contributed by atoms with Gasteiger partial charge >= 0.3 is 0 Å². The normalized spacial score (nSPS) is 18.2.